The minimum Gasteiger partial charge on any atom is -0.444 e. The van der Waals surface area contributed by atoms with E-state index in [4.69, 9.17) is 4.74 Å². The average Bonchev–Trinajstić information content (AvgIpc) is 3.07. The second-order valence-corrected chi connectivity index (χ2v) is 10.5. The molecule has 4 rings (SSSR count). The molecular weight excluding hydrogens is 465 g/mol. The molecule has 0 unspecified atom stereocenters. The first kappa shape index (κ1) is 18.3. The number of fused-ring (bicyclic) bond motifs is 1. The van der Waals surface area contributed by atoms with Crippen molar-refractivity contribution in [2.24, 2.45) is 5.41 Å². The summed E-state index contributed by atoms with van der Waals surface area (Å²) in [5.41, 5.74) is -0.0506. The minimum atomic E-state index is -0.428. The normalized spacial score (nSPS) is 20.4. The number of rotatable bonds is 2. The van der Waals surface area contributed by atoms with E-state index in [1.54, 1.807) is 11.3 Å². The maximum atomic E-state index is 12.2. The van der Waals surface area contributed by atoms with Gasteiger partial charge in [0.15, 0.2) is 0 Å². The predicted octanol–water partition coefficient (Wildman–Crippen LogP) is 3.99. The third-order valence-electron chi connectivity index (χ3n) is 5.21. The van der Waals surface area contributed by atoms with Crippen LogP contribution in [0.3, 0.4) is 0 Å². The Morgan fingerprint density at radius 2 is 2.08 bits per heavy atom. The second-order valence-electron chi connectivity index (χ2n) is 8.40. The maximum absolute atomic E-state index is 12.2. The molecule has 1 amide bonds. The Balaban J connectivity index is 1.27. The molecule has 2 aromatic rings. The van der Waals surface area contributed by atoms with Crippen molar-refractivity contribution in [1.29, 1.82) is 0 Å². The van der Waals surface area contributed by atoms with Crippen molar-refractivity contribution in [3.05, 3.63) is 9.90 Å². The van der Waals surface area contributed by atoms with E-state index in [-0.39, 0.29) is 6.09 Å². The van der Waals surface area contributed by atoms with E-state index in [9.17, 15) is 4.79 Å². The van der Waals surface area contributed by atoms with Gasteiger partial charge in [0.2, 0.25) is 10.1 Å². The molecule has 2 fully saturated rings. The molecule has 2 aliphatic rings. The van der Waals surface area contributed by atoms with Crippen molar-refractivity contribution in [2.75, 3.05) is 18.4 Å². The van der Waals surface area contributed by atoms with Gasteiger partial charge in [-0.3, -0.25) is 0 Å². The van der Waals surface area contributed by atoms with E-state index < -0.39 is 5.60 Å². The van der Waals surface area contributed by atoms with Gasteiger partial charge in [-0.1, -0.05) is 11.3 Å². The SMILES string of the molecule is CC(C)(C)OC(=O)N1CCC2(CC1)CC(Nc1nn3c(I)cnc3s1)C2. The van der Waals surface area contributed by atoms with Crippen molar-refractivity contribution < 1.29 is 9.53 Å². The van der Waals surface area contributed by atoms with Gasteiger partial charge < -0.3 is 15.0 Å². The molecule has 0 atom stereocenters. The molecule has 142 valence electrons. The first-order valence-corrected chi connectivity index (χ1v) is 10.9. The van der Waals surface area contributed by atoms with Crippen LogP contribution in [0.5, 0.6) is 0 Å². The van der Waals surface area contributed by atoms with Crippen molar-refractivity contribution in [2.45, 2.75) is 58.1 Å². The quantitative estimate of drug-likeness (QED) is 0.647. The standard InChI is InChI=1S/C17H24IN5O2S/c1-16(2,3)25-15(24)22-6-4-17(5-7-22)8-11(9-17)20-13-21-23-12(18)10-19-14(23)26-13/h10-11H,4-9H2,1-3H3,(H,20,21). The van der Waals surface area contributed by atoms with Crippen molar-refractivity contribution in [3.8, 4) is 0 Å². The number of carbonyl (C=O) groups excluding carboxylic acids is 1. The van der Waals surface area contributed by atoms with Gasteiger partial charge in [-0.25, -0.2) is 9.78 Å². The van der Waals surface area contributed by atoms with Crippen LogP contribution in [0.4, 0.5) is 9.93 Å². The molecule has 1 N–H and O–H groups in total. The molecule has 0 aromatic carbocycles. The average molecular weight is 489 g/mol. The Morgan fingerprint density at radius 1 is 1.38 bits per heavy atom. The fraction of sp³-hybridized carbons (Fsp3) is 0.706. The van der Waals surface area contributed by atoms with Gasteiger partial charge in [0.05, 0.1) is 6.20 Å². The van der Waals surface area contributed by atoms with Crippen LogP contribution in [0.15, 0.2) is 6.20 Å². The van der Waals surface area contributed by atoms with Gasteiger partial charge in [-0.15, -0.1) is 5.10 Å². The Hall–Kier alpha value is -1.10. The number of anilines is 1. The zero-order valence-corrected chi connectivity index (χ0v) is 18.3. The van der Waals surface area contributed by atoms with E-state index in [2.05, 4.69) is 38.0 Å². The molecular formula is C17H24IN5O2S. The maximum Gasteiger partial charge on any atom is 0.410 e. The summed E-state index contributed by atoms with van der Waals surface area (Å²) in [6.07, 6.45) is 6.07. The van der Waals surface area contributed by atoms with Crippen LogP contribution in [0.25, 0.3) is 4.96 Å². The van der Waals surface area contributed by atoms with Gasteiger partial charge in [-0.05, 0) is 74.5 Å². The van der Waals surface area contributed by atoms with Gasteiger partial charge in [0.1, 0.15) is 9.30 Å². The van der Waals surface area contributed by atoms with Gasteiger partial charge >= 0.3 is 6.09 Å². The molecule has 2 aromatic heterocycles. The lowest BCUT2D eigenvalue weighted by Crippen LogP contribution is -2.53. The number of amides is 1. The van der Waals surface area contributed by atoms with E-state index in [0.717, 1.165) is 52.6 Å². The molecule has 1 spiro atoms. The highest BCUT2D eigenvalue weighted by Crippen LogP contribution is 2.50. The number of ether oxygens (including phenoxy) is 1. The number of piperidine rings is 1. The molecule has 9 heteroatoms. The number of nitrogens with zero attached hydrogens (tertiary/aromatic N) is 4. The van der Waals surface area contributed by atoms with Crippen molar-refractivity contribution in [3.63, 3.8) is 0 Å². The van der Waals surface area contributed by atoms with E-state index in [1.165, 1.54) is 0 Å². The van der Waals surface area contributed by atoms with E-state index in [1.807, 2.05) is 36.4 Å². The monoisotopic (exact) mass is 489 g/mol. The number of hydrogen-bond acceptors (Lipinski definition) is 6. The summed E-state index contributed by atoms with van der Waals surface area (Å²) in [6, 6.07) is 0.469. The zero-order valence-electron chi connectivity index (χ0n) is 15.3. The van der Waals surface area contributed by atoms with Crippen LogP contribution in [-0.2, 0) is 4.74 Å². The number of halogens is 1. The van der Waals surface area contributed by atoms with Crippen LogP contribution in [0.2, 0.25) is 0 Å². The van der Waals surface area contributed by atoms with Gasteiger partial charge in [0, 0.05) is 19.1 Å². The van der Waals surface area contributed by atoms with Crippen LogP contribution in [0, 0.1) is 9.12 Å². The number of imidazole rings is 1. The fourth-order valence-electron chi connectivity index (χ4n) is 3.89. The lowest BCUT2D eigenvalue weighted by molar-refractivity contribution is -0.00860. The first-order chi connectivity index (χ1) is 12.2. The van der Waals surface area contributed by atoms with Crippen LogP contribution >= 0.6 is 33.9 Å². The largest absolute Gasteiger partial charge is 0.444 e. The van der Waals surface area contributed by atoms with E-state index in [0.29, 0.717) is 11.5 Å². The number of carbonyl (C=O) groups is 1. The molecule has 1 saturated heterocycles. The Morgan fingerprint density at radius 3 is 2.69 bits per heavy atom. The summed E-state index contributed by atoms with van der Waals surface area (Å²) in [5.74, 6) is 0. The number of likely N-dealkylation sites (tertiary alicyclic amines) is 1. The topological polar surface area (TPSA) is 71.8 Å². The van der Waals surface area contributed by atoms with Crippen LogP contribution in [0.1, 0.15) is 46.5 Å². The highest BCUT2D eigenvalue weighted by molar-refractivity contribution is 14.1. The van der Waals surface area contributed by atoms with Crippen LogP contribution in [-0.4, -0.2) is 50.3 Å². The number of hydrogen-bond donors (Lipinski definition) is 1. The first-order valence-electron chi connectivity index (χ1n) is 8.98. The van der Waals surface area contributed by atoms with Crippen LogP contribution < -0.4 is 5.32 Å². The molecule has 26 heavy (non-hydrogen) atoms. The van der Waals surface area contributed by atoms with E-state index >= 15 is 0 Å². The Kier molecular flexibility index (Phi) is 4.57. The third-order valence-corrected chi connectivity index (χ3v) is 6.80. The summed E-state index contributed by atoms with van der Waals surface area (Å²) in [7, 11) is 0. The molecule has 3 heterocycles. The summed E-state index contributed by atoms with van der Waals surface area (Å²) in [4.78, 5) is 19.3. The smallest absolute Gasteiger partial charge is 0.410 e. The molecule has 1 saturated carbocycles. The zero-order chi connectivity index (χ0) is 18.5. The molecule has 1 aliphatic carbocycles. The predicted molar refractivity (Wildman–Crippen MR) is 110 cm³/mol. The Bertz CT molecular complexity index is 811. The minimum absolute atomic E-state index is 0.179. The number of aromatic nitrogens is 3. The van der Waals surface area contributed by atoms with Crippen molar-refractivity contribution in [1.82, 2.24) is 19.5 Å². The van der Waals surface area contributed by atoms with Gasteiger partial charge in [-0.2, -0.15) is 4.52 Å². The highest BCUT2D eigenvalue weighted by Gasteiger charge is 2.47. The summed E-state index contributed by atoms with van der Waals surface area (Å²) < 4.78 is 8.39. The molecule has 1 aliphatic heterocycles. The number of nitrogens with one attached hydrogen (secondary N) is 1. The molecule has 7 nitrogen and oxygen atoms in total. The fourth-order valence-corrected chi connectivity index (χ4v) is 5.38. The molecule has 0 bridgehead atoms. The third kappa shape index (κ3) is 3.64. The summed E-state index contributed by atoms with van der Waals surface area (Å²) in [5, 5.41) is 9.08. The summed E-state index contributed by atoms with van der Waals surface area (Å²) in [6.45, 7) is 7.33. The summed E-state index contributed by atoms with van der Waals surface area (Å²) >= 11 is 3.84. The highest BCUT2D eigenvalue weighted by atomic mass is 127. The van der Waals surface area contributed by atoms with Crippen molar-refractivity contribution >= 4 is 50.1 Å². The lowest BCUT2D eigenvalue weighted by Gasteiger charge is -2.52. The van der Waals surface area contributed by atoms with Gasteiger partial charge in [0.25, 0.3) is 0 Å². The molecule has 0 radical (unpaired) electrons. The Labute approximate surface area is 170 Å². The second kappa shape index (κ2) is 6.50. The lowest BCUT2D eigenvalue weighted by atomic mass is 9.60.